The van der Waals surface area contributed by atoms with Crippen LogP contribution in [0.5, 0.6) is 0 Å². The van der Waals surface area contributed by atoms with Gasteiger partial charge in [-0.15, -0.1) is 0 Å². The molecule has 2 aromatic rings. The number of Topliss-reactive ketones (excluding diaryl/α,β-unsaturated/α-hetero) is 1. The molecular formula is C16H13ClFN3O2. The highest BCUT2D eigenvalue weighted by molar-refractivity contribution is 6.31. The molecule has 118 valence electrons. The number of carbonyl (C=O) groups is 1. The summed E-state index contributed by atoms with van der Waals surface area (Å²) < 4.78 is 14.6. The third-order valence-electron chi connectivity index (χ3n) is 3.51. The van der Waals surface area contributed by atoms with Gasteiger partial charge >= 0.3 is 0 Å². The minimum Gasteiger partial charge on any atom is -0.297 e. The zero-order valence-corrected chi connectivity index (χ0v) is 13.3. The number of hydrogen-bond acceptors (Lipinski definition) is 4. The van der Waals surface area contributed by atoms with E-state index in [0.29, 0.717) is 11.3 Å². The van der Waals surface area contributed by atoms with Crippen molar-refractivity contribution in [2.24, 2.45) is 0 Å². The van der Waals surface area contributed by atoms with Gasteiger partial charge in [0.05, 0.1) is 5.69 Å². The molecule has 1 aromatic heterocycles. The van der Waals surface area contributed by atoms with E-state index in [-0.39, 0.29) is 29.1 Å². The summed E-state index contributed by atoms with van der Waals surface area (Å²) >= 11 is 5.88. The SMILES string of the molecule is Cc1nn(CC(=O)Cc2c(F)cccc2Cl)c(=O)c(C#N)c1C. The molecule has 1 aromatic carbocycles. The molecule has 0 saturated heterocycles. The molecule has 23 heavy (non-hydrogen) atoms. The van der Waals surface area contributed by atoms with E-state index in [2.05, 4.69) is 5.10 Å². The van der Waals surface area contributed by atoms with Gasteiger partial charge in [-0.3, -0.25) is 9.59 Å². The molecule has 0 radical (unpaired) electrons. The highest BCUT2D eigenvalue weighted by Gasteiger charge is 2.16. The van der Waals surface area contributed by atoms with Crippen LogP contribution in [0.15, 0.2) is 23.0 Å². The topological polar surface area (TPSA) is 75.8 Å². The molecule has 0 N–H and O–H groups in total. The van der Waals surface area contributed by atoms with Crippen molar-refractivity contribution in [3.05, 3.63) is 61.8 Å². The third-order valence-corrected chi connectivity index (χ3v) is 3.86. The first-order valence-electron chi connectivity index (χ1n) is 6.78. The van der Waals surface area contributed by atoms with E-state index >= 15 is 0 Å². The predicted molar refractivity (Wildman–Crippen MR) is 82.8 cm³/mol. The van der Waals surface area contributed by atoms with Crippen molar-refractivity contribution < 1.29 is 9.18 Å². The molecule has 2 rings (SSSR count). The van der Waals surface area contributed by atoms with Gasteiger partial charge in [0.15, 0.2) is 5.78 Å². The molecule has 0 aliphatic heterocycles. The minimum absolute atomic E-state index is 0.0470. The van der Waals surface area contributed by atoms with Crippen molar-refractivity contribution in [1.82, 2.24) is 9.78 Å². The number of aromatic nitrogens is 2. The lowest BCUT2D eigenvalue weighted by molar-refractivity contribution is -0.119. The zero-order chi connectivity index (χ0) is 17.1. The molecule has 0 unspecified atom stereocenters. The van der Waals surface area contributed by atoms with Crippen LogP contribution >= 0.6 is 11.6 Å². The van der Waals surface area contributed by atoms with Crippen LogP contribution in [0.4, 0.5) is 4.39 Å². The number of hydrogen-bond donors (Lipinski definition) is 0. The lowest BCUT2D eigenvalue weighted by Crippen LogP contribution is -2.31. The Labute approximate surface area is 136 Å². The summed E-state index contributed by atoms with van der Waals surface area (Å²) in [5, 5.41) is 13.2. The average molecular weight is 334 g/mol. The minimum atomic E-state index is -0.636. The molecule has 5 nitrogen and oxygen atoms in total. The van der Waals surface area contributed by atoms with Crippen LogP contribution in [-0.4, -0.2) is 15.6 Å². The number of aryl methyl sites for hydroxylation is 1. The van der Waals surface area contributed by atoms with E-state index in [9.17, 15) is 14.0 Å². The molecule has 0 amide bonds. The van der Waals surface area contributed by atoms with Crippen molar-refractivity contribution in [3.8, 4) is 6.07 Å². The van der Waals surface area contributed by atoms with E-state index in [1.54, 1.807) is 13.8 Å². The van der Waals surface area contributed by atoms with Gasteiger partial charge in [-0.25, -0.2) is 9.07 Å². The van der Waals surface area contributed by atoms with Gasteiger partial charge in [0.2, 0.25) is 0 Å². The van der Waals surface area contributed by atoms with Crippen LogP contribution in [0.3, 0.4) is 0 Å². The first-order chi connectivity index (χ1) is 10.8. The number of ketones is 1. The number of nitriles is 1. The number of rotatable bonds is 4. The van der Waals surface area contributed by atoms with Gasteiger partial charge in [-0.1, -0.05) is 17.7 Å². The number of halogens is 2. The fraction of sp³-hybridized carbons (Fsp3) is 0.250. The van der Waals surface area contributed by atoms with Crippen LogP contribution < -0.4 is 5.56 Å². The molecule has 0 atom stereocenters. The van der Waals surface area contributed by atoms with E-state index < -0.39 is 17.2 Å². The molecule has 0 saturated carbocycles. The second-order valence-corrected chi connectivity index (χ2v) is 5.48. The van der Waals surface area contributed by atoms with E-state index in [1.165, 1.54) is 18.2 Å². The maximum absolute atomic E-state index is 13.7. The van der Waals surface area contributed by atoms with E-state index in [0.717, 1.165) is 4.68 Å². The quantitative estimate of drug-likeness (QED) is 0.860. The van der Waals surface area contributed by atoms with Crippen LogP contribution in [-0.2, 0) is 17.8 Å². The summed E-state index contributed by atoms with van der Waals surface area (Å²) in [7, 11) is 0. The highest BCUT2D eigenvalue weighted by atomic mass is 35.5. The normalized spacial score (nSPS) is 10.4. The molecule has 0 aliphatic carbocycles. The maximum atomic E-state index is 13.7. The van der Waals surface area contributed by atoms with E-state index in [1.807, 2.05) is 6.07 Å². The summed E-state index contributed by atoms with van der Waals surface area (Å²) in [5.74, 6) is -1.01. The lowest BCUT2D eigenvalue weighted by atomic mass is 10.1. The maximum Gasteiger partial charge on any atom is 0.285 e. The molecule has 7 heteroatoms. The number of carbonyl (C=O) groups excluding carboxylic acids is 1. The van der Waals surface area contributed by atoms with Crippen molar-refractivity contribution in [1.29, 1.82) is 5.26 Å². The van der Waals surface area contributed by atoms with Crippen molar-refractivity contribution in [2.45, 2.75) is 26.8 Å². The van der Waals surface area contributed by atoms with Crippen molar-refractivity contribution in [2.75, 3.05) is 0 Å². The number of benzene rings is 1. The Morgan fingerprint density at radius 1 is 1.43 bits per heavy atom. The van der Waals surface area contributed by atoms with Crippen LogP contribution in [0.25, 0.3) is 0 Å². The van der Waals surface area contributed by atoms with Crippen molar-refractivity contribution in [3.63, 3.8) is 0 Å². The van der Waals surface area contributed by atoms with Crippen LogP contribution in [0.1, 0.15) is 22.4 Å². The summed E-state index contributed by atoms with van der Waals surface area (Å²) in [5.41, 5.74) is 0.366. The Balaban J connectivity index is 2.30. The Hall–Kier alpha value is -2.52. The van der Waals surface area contributed by atoms with Gasteiger partial charge in [0.25, 0.3) is 5.56 Å². The number of nitrogens with zero attached hydrogens (tertiary/aromatic N) is 3. The fourth-order valence-corrected chi connectivity index (χ4v) is 2.36. The Bertz CT molecular complexity index is 864. The fourth-order valence-electron chi connectivity index (χ4n) is 2.13. The van der Waals surface area contributed by atoms with Gasteiger partial charge < -0.3 is 0 Å². The Morgan fingerprint density at radius 3 is 2.74 bits per heavy atom. The third kappa shape index (κ3) is 3.46. The van der Waals surface area contributed by atoms with Gasteiger partial charge in [-0.05, 0) is 31.5 Å². The average Bonchev–Trinajstić information content (AvgIpc) is 2.49. The Morgan fingerprint density at radius 2 is 2.13 bits per heavy atom. The summed E-state index contributed by atoms with van der Waals surface area (Å²) in [6.45, 7) is 2.91. The highest BCUT2D eigenvalue weighted by Crippen LogP contribution is 2.19. The monoisotopic (exact) mass is 333 g/mol. The van der Waals surface area contributed by atoms with E-state index in [4.69, 9.17) is 16.9 Å². The first-order valence-corrected chi connectivity index (χ1v) is 7.16. The lowest BCUT2D eigenvalue weighted by Gasteiger charge is -2.09. The molecule has 0 bridgehead atoms. The van der Waals surface area contributed by atoms with Crippen LogP contribution in [0, 0.1) is 31.0 Å². The standard InChI is InChI=1S/C16H13ClFN3O2/c1-9-10(2)20-21(16(23)13(9)7-19)8-11(22)6-12-14(17)4-3-5-15(12)18/h3-5H,6,8H2,1-2H3. The molecule has 0 aliphatic rings. The van der Waals surface area contributed by atoms with Gasteiger partial charge in [-0.2, -0.15) is 10.4 Å². The zero-order valence-electron chi connectivity index (χ0n) is 12.6. The summed E-state index contributed by atoms with van der Waals surface area (Å²) in [6.07, 6.45) is -0.256. The summed E-state index contributed by atoms with van der Waals surface area (Å²) in [4.78, 5) is 24.2. The second-order valence-electron chi connectivity index (χ2n) is 5.08. The van der Waals surface area contributed by atoms with Gasteiger partial charge in [0, 0.05) is 17.0 Å². The van der Waals surface area contributed by atoms with Crippen LogP contribution in [0.2, 0.25) is 5.02 Å². The molecule has 0 fully saturated rings. The summed E-state index contributed by atoms with van der Waals surface area (Å²) in [6, 6.07) is 5.96. The van der Waals surface area contributed by atoms with Gasteiger partial charge in [0.1, 0.15) is 24.0 Å². The first kappa shape index (κ1) is 16.8. The predicted octanol–water partition coefficient (Wildman–Crippen LogP) is 2.34. The molecule has 1 heterocycles. The Kier molecular flexibility index (Phi) is 4.92. The molecule has 0 spiro atoms. The smallest absolute Gasteiger partial charge is 0.285 e. The van der Waals surface area contributed by atoms with Crippen molar-refractivity contribution >= 4 is 17.4 Å². The largest absolute Gasteiger partial charge is 0.297 e. The second kappa shape index (κ2) is 6.71. The molecular weight excluding hydrogens is 321 g/mol.